The quantitative estimate of drug-likeness (QED) is 0.0728. The number of carbonyl (C=O) groups excluding carboxylic acids is 1. The zero-order valence-electron chi connectivity index (χ0n) is 46.2. The normalized spacial score (nSPS) is 16.5. The molecule has 0 unspecified atom stereocenters. The molecule has 14 nitrogen and oxygen atoms in total. The van der Waals surface area contributed by atoms with Crippen molar-refractivity contribution in [1.82, 2.24) is 29.2 Å². The number of benzene rings is 4. The Balaban J connectivity index is 0.000000168. The maximum atomic E-state index is 12.2. The van der Waals surface area contributed by atoms with Gasteiger partial charge in [-0.05, 0) is 125 Å². The molecule has 1 N–H and O–H groups in total. The first-order chi connectivity index (χ1) is 40.5. The molecule has 4 aromatic heterocycles. The third-order valence-corrected chi connectivity index (χ3v) is 265. The number of aromatic carboxylic acids is 1. The van der Waals surface area contributed by atoms with Gasteiger partial charge in [0, 0.05) is 135 Å². The summed E-state index contributed by atoms with van der Waals surface area (Å²) in [6.45, 7) is 9.55. The maximum absolute atomic E-state index is 12.2. The molecule has 4 fully saturated rings. The van der Waals surface area contributed by atoms with Gasteiger partial charge >= 0.3 is 115 Å². The zero-order chi connectivity index (χ0) is 59.3. The van der Waals surface area contributed by atoms with E-state index in [-0.39, 0.29) is 21.8 Å². The molecule has 2 aliphatic heterocycles. The summed E-state index contributed by atoms with van der Waals surface area (Å²) in [6.07, 6.45) is 11.9. The van der Waals surface area contributed by atoms with Gasteiger partial charge in [0.05, 0.1) is 49.4 Å². The molecule has 8 aromatic rings. The predicted molar refractivity (Wildman–Crippen MR) is 390 cm³/mol. The van der Waals surface area contributed by atoms with Crippen molar-refractivity contribution in [3.05, 3.63) is 139 Å². The van der Waals surface area contributed by atoms with Crippen molar-refractivity contribution in [2.24, 2.45) is 14.1 Å². The van der Waals surface area contributed by atoms with Gasteiger partial charge in [-0.1, -0.05) is 68.8 Å². The zero-order valence-corrected chi connectivity index (χ0v) is 64.3. The predicted octanol–water partition coefficient (Wildman–Crippen LogP) is 15.3. The van der Waals surface area contributed by atoms with Crippen molar-refractivity contribution < 1.29 is 41.7 Å². The van der Waals surface area contributed by atoms with Crippen LogP contribution in [0.4, 0.5) is 11.4 Å². The number of aromatic nitrogens is 4. The van der Waals surface area contributed by atoms with E-state index in [0.717, 1.165) is 189 Å². The van der Waals surface area contributed by atoms with Crippen LogP contribution in [0.25, 0.3) is 44.3 Å². The summed E-state index contributed by atoms with van der Waals surface area (Å²) in [4.78, 5) is 33.6. The molecular weight excluding hydrogens is 1950 g/mol. The summed E-state index contributed by atoms with van der Waals surface area (Å²) in [7, 11) is 4.79. The fourth-order valence-electron chi connectivity index (χ4n) is 11.3. The van der Waals surface area contributed by atoms with Crippen LogP contribution in [0.5, 0.6) is 0 Å². The van der Waals surface area contributed by atoms with Gasteiger partial charge in [-0.3, -0.25) is 0 Å². The molecule has 12 rings (SSSR count). The number of hydrogen-bond donors (Lipinski definition) is 1. The second-order valence-electron chi connectivity index (χ2n) is 21.2. The average molecular weight is 2010 g/mol. The van der Waals surface area contributed by atoms with Crippen LogP contribution in [0, 0.1) is 0 Å². The van der Waals surface area contributed by atoms with Crippen molar-refractivity contribution in [2.45, 2.75) is 63.2 Å². The van der Waals surface area contributed by atoms with Crippen molar-refractivity contribution in [3.8, 4) is 22.5 Å². The minimum absolute atomic E-state index is 0.206. The third-order valence-electron chi connectivity index (χ3n) is 15.9. The van der Waals surface area contributed by atoms with Crippen LogP contribution in [-0.2, 0) is 31.7 Å². The molecule has 6 heterocycles. The molecule has 2 saturated heterocycles. The molecule has 0 atom stereocenters. The minimum atomic E-state index is -0.897. The standard InChI is InChI=1S/C30H32Cl2N4O3.C29H30Cl2N4O3.I7/c1-34-18-23(30(37)38-2)21-10-9-20(17-26(21)34)36-13-4-12-35(15-16-36)14-11-22-28(33-39-29(22)19-7-8-19)27-24(31)5-3-6-25(27)32;1-33-17-22(29(36)37)20-9-8-19(16-25(20)33)35-12-3-11-34(14-15-35)13-10-21-27(32-38-28(21)18-6-7-18)26-23(30)4-2-5-24(26)31;1-5-7(4)6(2)3/h3,5-6,9-10,17-19H,4,7-8,11-16H2,1-2H3;2,4-5,8-9,16-18H,3,6-7,10-15H2,1H3,(H,36,37);/q;;-1. The Morgan fingerprint density at radius 1 is 0.643 bits per heavy atom. The number of halogens is 11. The Kier molecular flexibility index (Phi) is 24.0. The van der Waals surface area contributed by atoms with Gasteiger partial charge in [-0.2, -0.15) is 0 Å². The van der Waals surface area contributed by atoms with E-state index < -0.39 is 5.97 Å². The Labute approximate surface area is 565 Å². The number of hydrogen-bond acceptors (Lipinski definition) is 11. The second-order valence-corrected chi connectivity index (χ2v) is 137. The topological polar surface area (TPSA) is 138 Å². The molecule has 2 saturated carbocycles. The van der Waals surface area contributed by atoms with E-state index >= 15 is 0 Å². The fraction of sp³-hybridized carbons (Fsp3) is 0.390. The van der Waals surface area contributed by atoms with Crippen LogP contribution in [0.15, 0.2) is 94.2 Å². The van der Waals surface area contributed by atoms with Gasteiger partial charge < -0.3 is 47.6 Å². The third kappa shape index (κ3) is 15.9. The van der Waals surface area contributed by atoms with Crippen LogP contribution in [0.1, 0.15) is 93.7 Å². The first-order valence-electron chi connectivity index (χ1n) is 27.5. The summed E-state index contributed by atoms with van der Waals surface area (Å²) < 4.78 is 20.6. The molecule has 0 amide bonds. The van der Waals surface area contributed by atoms with Crippen molar-refractivity contribution in [3.63, 3.8) is 0 Å². The Morgan fingerprint density at radius 2 is 1.07 bits per heavy atom. The number of fused-ring (bicyclic) bond motifs is 2. The first-order valence-corrected chi connectivity index (χ1v) is 66.7. The number of carboxylic acid groups (broad SMARTS) is 1. The van der Waals surface area contributed by atoms with E-state index in [0.29, 0.717) is 56.3 Å². The van der Waals surface area contributed by atoms with Crippen LogP contribution in [0.2, 0.25) is 20.1 Å². The van der Waals surface area contributed by atoms with Gasteiger partial charge in [-0.25, -0.2) is 9.59 Å². The molecule has 2 aliphatic carbocycles. The summed E-state index contributed by atoms with van der Waals surface area (Å²) in [5.41, 5.74) is 10.6. The average Bonchev–Trinajstić information content (AvgIpc) is 3.24. The molecule has 25 heteroatoms. The second kappa shape index (κ2) is 30.5. The SMILES string of the molecule is COC(=O)c1cn(C)c2cc(N3CCCN(CCc4c(-c5c(Cl)cccc5Cl)noc4C4CC4)CC3)ccc12.Cn1cc(C(=O)O)c2ccc(N3CCCN(CCc4c(-c5c(Cl)cccc5Cl)noc4C4CC4)CC3)cc21.I[I-]I(I)I(I)I. The van der Waals surface area contributed by atoms with Gasteiger partial charge in [0.15, 0.2) is 0 Å². The van der Waals surface area contributed by atoms with Crippen LogP contribution < -0.4 is 23.1 Å². The number of ether oxygens (including phenoxy) is 1. The van der Waals surface area contributed by atoms with Gasteiger partial charge in [-0.15, -0.1) is 0 Å². The molecule has 0 spiro atoms. The molecular formula is C59H62Cl4I7N8O6-. The molecule has 0 radical (unpaired) electrons. The number of carboxylic acids is 1. The molecule has 84 heavy (non-hydrogen) atoms. The van der Waals surface area contributed by atoms with E-state index in [2.05, 4.69) is 123 Å². The summed E-state index contributed by atoms with van der Waals surface area (Å²) in [5, 5.41) is 22.5. The van der Waals surface area contributed by atoms with Gasteiger partial charge in [0.25, 0.3) is 0 Å². The van der Waals surface area contributed by atoms with Crippen molar-refractivity contribution in [2.75, 3.05) is 82.4 Å². The number of rotatable bonds is 16. The van der Waals surface area contributed by atoms with E-state index in [4.69, 9.17) is 60.2 Å². The number of nitrogens with zero attached hydrogens (tertiary/aromatic N) is 8. The number of esters is 1. The van der Waals surface area contributed by atoms with E-state index in [9.17, 15) is 14.7 Å². The summed E-state index contributed by atoms with van der Waals surface area (Å²) >= 11 is 37.6. The Morgan fingerprint density at radius 3 is 1.45 bits per heavy atom. The Bertz CT molecular complexity index is 3610. The number of aryl methyl sites for hydroxylation is 2. The molecule has 4 aliphatic rings. The number of carbonyl (C=O) groups is 2. The Hall–Kier alpha value is -0.890. The number of anilines is 2. The monoisotopic (exact) mass is 2010 g/mol. The van der Waals surface area contributed by atoms with Crippen LogP contribution in [-0.4, -0.2) is 119 Å². The van der Waals surface area contributed by atoms with Crippen molar-refractivity contribution >= 4 is 182 Å². The summed E-state index contributed by atoms with van der Waals surface area (Å²) in [5.74, 6) is 1.68. The number of methoxy groups -OCH3 is 1. The van der Waals surface area contributed by atoms with Crippen molar-refractivity contribution in [1.29, 1.82) is 0 Å². The van der Waals surface area contributed by atoms with Crippen LogP contribution >= 0.6 is 137 Å². The van der Waals surface area contributed by atoms with Gasteiger partial charge in [0.1, 0.15) is 22.9 Å². The van der Waals surface area contributed by atoms with E-state index in [1.807, 2.05) is 84.0 Å². The first kappa shape index (κ1) is 66.0. The molecule has 452 valence electrons. The fourth-order valence-corrected chi connectivity index (χ4v) is 222. The molecule has 4 aromatic carbocycles. The van der Waals surface area contributed by atoms with E-state index in [1.165, 1.54) is 12.8 Å². The summed E-state index contributed by atoms with van der Waals surface area (Å²) in [6, 6.07) is 23.5. The van der Waals surface area contributed by atoms with Crippen LogP contribution in [0.3, 0.4) is 0 Å². The molecule has 0 bridgehead atoms. The van der Waals surface area contributed by atoms with Gasteiger partial charge in [0.2, 0.25) is 0 Å². The van der Waals surface area contributed by atoms with E-state index in [1.54, 1.807) is 6.20 Å².